The summed E-state index contributed by atoms with van der Waals surface area (Å²) in [5.74, 6) is 0.407. The van der Waals surface area contributed by atoms with Gasteiger partial charge in [0.25, 0.3) is 5.56 Å². The molecule has 8 heteroatoms. The number of ether oxygens (including phenoxy) is 2. The van der Waals surface area contributed by atoms with Gasteiger partial charge in [-0.3, -0.25) is 9.59 Å². The number of nitrogens with zero attached hydrogens (tertiary/aromatic N) is 3. The van der Waals surface area contributed by atoms with E-state index in [1.54, 1.807) is 18.5 Å². The van der Waals surface area contributed by atoms with E-state index in [0.717, 1.165) is 60.6 Å². The molecule has 1 N–H and O–H groups in total. The SMILES string of the molecule is Cc1cc(-c2nc3cc(CC[C@@H](C(=O)OC(C)C)[C@H](C)O)ccc3n2CC2CCOCC2)cn(C)c1=O. The molecule has 0 saturated carbocycles. The number of aromatic nitrogens is 3. The molecule has 3 heterocycles. The van der Waals surface area contributed by atoms with Crippen LogP contribution in [0.25, 0.3) is 22.4 Å². The standard InChI is InChI=1S/C29H39N3O5/c1-18(2)37-29(35)24(20(4)33)8-6-21-7-9-26-25(15-21)30-27(23-14-19(3)28(34)31(5)17-23)32(26)16-22-10-12-36-13-11-22/h7,9,14-15,17-18,20,22,24,33H,6,8,10-13,16H2,1-5H3/t20-,24+/m0/s1. The number of benzene rings is 1. The number of hydrogen-bond donors (Lipinski definition) is 1. The van der Waals surface area contributed by atoms with Crippen molar-refractivity contribution in [1.29, 1.82) is 0 Å². The average molecular weight is 510 g/mol. The first-order valence-corrected chi connectivity index (χ1v) is 13.3. The van der Waals surface area contributed by atoms with Crippen LogP contribution in [0, 0.1) is 18.8 Å². The summed E-state index contributed by atoms with van der Waals surface area (Å²) in [7, 11) is 1.77. The van der Waals surface area contributed by atoms with Gasteiger partial charge in [0.2, 0.25) is 0 Å². The van der Waals surface area contributed by atoms with Gasteiger partial charge in [-0.2, -0.15) is 0 Å². The first-order valence-electron chi connectivity index (χ1n) is 13.3. The zero-order valence-corrected chi connectivity index (χ0v) is 22.6. The Hall–Kier alpha value is -2.97. The maximum absolute atomic E-state index is 12.5. The van der Waals surface area contributed by atoms with Crippen LogP contribution in [0.2, 0.25) is 0 Å². The van der Waals surface area contributed by atoms with E-state index in [1.165, 1.54) is 0 Å². The maximum atomic E-state index is 12.5. The summed E-state index contributed by atoms with van der Waals surface area (Å²) in [5, 5.41) is 10.2. The molecule has 37 heavy (non-hydrogen) atoms. The van der Waals surface area contributed by atoms with Crippen molar-refractivity contribution in [2.45, 2.75) is 72.1 Å². The van der Waals surface area contributed by atoms with Gasteiger partial charge in [-0.15, -0.1) is 0 Å². The van der Waals surface area contributed by atoms with Crippen LogP contribution in [0.15, 0.2) is 35.3 Å². The number of carbonyl (C=O) groups excluding carboxylic acids is 1. The van der Waals surface area contributed by atoms with Gasteiger partial charge in [0.15, 0.2) is 0 Å². The second-order valence-corrected chi connectivity index (χ2v) is 10.6. The van der Waals surface area contributed by atoms with E-state index in [9.17, 15) is 14.7 Å². The third-order valence-corrected chi connectivity index (χ3v) is 7.20. The summed E-state index contributed by atoms with van der Waals surface area (Å²) in [6.07, 6.45) is 3.99. The van der Waals surface area contributed by atoms with E-state index in [0.29, 0.717) is 24.3 Å². The smallest absolute Gasteiger partial charge is 0.311 e. The summed E-state index contributed by atoms with van der Waals surface area (Å²) in [6, 6.07) is 8.16. The normalized spacial score (nSPS) is 16.3. The number of esters is 1. The van der Waals surface area contributed by atoms with Crippen molar-refractivity contribution in [2.75, 3.05) is 13.2 Å². The highest BCUT2D eigenvalue weighted by Crippen LogP contribution is 2.29. The molecule has 1 aromatic carbocycles. The average Bonchev–Trinajstić information content (AvgIpc) is 3.19. The Bertz CT molecular complexity index is 1270. The number of aliphatic hydroxyl groups excluding tert-OH is 1. The van der Waals surface area contributed by atoms with Crippen molar-refractivity contribution in [1.82, 2.24) is 14.1 Å². The van der Waals surface area contributed by atoms with Crippen LogP contribution in [0.1, 0.15) is 51.2 Å². The van der Waals surface area contributed by atoms with Crippen LogP contribution in [0.4, 0.5) is 0 Å². The molecule has 0 unspecified atom stereocenters. The van der Waals surface area contributed by atoms with Gasteiger partial charge in [0, 0.05) is 44.1 Å². The third kappa shape index (κ3) is 6.30. The molecule has 1 aliphatic rings. The van der Waals surface area contributed by atoms with Gasteiger partial charge in [-0.25, -0.2) is 4.98 Å². The number of pyridine rings is 1. The summed E-state index contributed by atoms with van der Waals surface area (Å²) in [6.45, 7) is 9.48. The molecule has 2 atom stereocenters. The third-order valence-electron chi connectivity index (χ3n) is 7.20. The number of hydrogen-bond acceptors (Lipinski definition) is 6. The molecule has 1 saturated heterocycles. The molecule has 4 rings (SSSR count). The highest BCUT2D eigenvalue weighted by Gasteiger charge is 2.26. The van der Waals surface area contributed by atoms with Crippen LogP contribution in [-0.2, 0) is 34.3 Å². The Labute approximate surface area is 218 Å². The molecule has 1 aliphatic heterocycles. The summed E-state index contributed by atoms with van der Waals surface area (Å²) in [5.41, 5.74) is 4.56. The van der Waals surface area contributed by atoms with Gasteiger partial charge in [-0.05, 0) is 83.1 Å². The Balaban J connectivity index is 1.67. The van der Waals surface area contributed by atoms with E-state index in [-0.39, 0.29) is 17.6 Å². The Morgan fingerprint density at radius 2 is 1.95 bits per heavy atom. The largest absolute Gasteiger partial charge is 0.463 e. The molecule has 0 amide bonds. The van der Waals surface area contributed by atoms with Crippen molar-refractivity contribution in [3.05, 3.63) is 51.9 Å². The highest BCUT2D eigenvalue weighted by molar-refractivity contribution is 5.81. The lowest BCUT2D eigenvalue weighted by molar-refractivity contribution is -0.156. The zero-order valence-electron chi connectivity index (χ0n) is 22.6. The number of aliphatic hydroxyl groups is 1. The number of fused-ring (bicyclic) bond motifs is 1. The number of aryl methyl sites for hydroxylation is 3. The highest BCUT2D eigenvalue weighted by atomic mass is 16.5. The minimum absolute atomic E-state index is 0.0122. The minimum atomic E-state index is -0.784. The summed E-state index contributed by atoms with van der Waals surface area (Å²) in [4.78, 5) is 29.8. The van der Waals surface area contributed by atoms with E-state index in [1.807, 2.05) is 33.0 Å². The maximum Gasteiger partial charge on any atom is 0.311 e. The van der Waals surface area contributed by atoms with Gasteiger partial charge in [0.1, 0.15) is 5.82 Å². The van der Waals surface area contributed by atoms with Gasteiger partial charge in [-0.1, -0.05) is 6.07 Å². The topological polar surface area (TPSA) is 95.6 Å². The Morgan fingerprint density at radius 3 is 2.59 bits per heavy atom. The molecular formula is C29H39N3O5. The van der Waals surface area contributed by atoms with Crippen LogP contribution in [0.5, 0.6) is 0 Å². The molecular weight excluding hydrogens is 470 g/mol. The fraction of sp³-hybridized carbons (Fsp3) is 0.552. The molecule has 8 nitrogen and oxygen atoms in total. The molecule has 2 aromatic heterocycles. The fourth-order valence-electron chi connectivity index (χ4n) is 5.12. The van der Waals surface area contributed by atoms with E-state index in [2.05, 4.69) is 22.8 Å². The van der Waals surface area contributed by atoms with E-state index < -0.39 is 12.0 Å². The van der Waals surface area contributed by atoms with Crippen molar-refractivity contribution in [2.24, 2.45) is 18.9 Å². The van der Waals surface area contributed by atoms with Crippen LogP contribution >= 0.6 is 0 Å². The lowest BCUT2D eigenvalue weighted by Crippen LogP contribution is -2.30. The van der Waals surface area contributed by atoms with Gasteiger partial charge in [0.05, 0.1) is 29.2 Å². The second-order valence-electron chi connectivity index (χ2n) is 10.6. The van der Waals surface area contributed by atoms with Crippen molar-refractivity contribution in [3.63, 3.8) is 0 Å². The molecule has 1 fully saturated rings. The number of carbonyl (C=O) groups is 1. The van der Waals surface area contributed by atoms with Crippen LogP contribution in [0.3, 0.4) is 0 Å². The molecule has 200 valence electrons. The molecule has 0 bridgehead atoms. The second kappa shape index (κ2) is 11.6. The molecule has 3 aromatic rings. The zero-order chi connectivity index (χ0) is 26.7. The van der Waals surface area contributed by atoms with Crippen LogP contribution in [-0.4, -0.2) is 50.6 Å². The van der Waals surface area contributed by atoms with Crippen molar-refractivity contribution in [3.8, 4) is 11.4 Å². The first kappa shape index (κ1) is 27.1. The van der Waals surface area contributed by atoms with Gasteiger partial charge >= 0.3 is 5.97 Å². The summed E-state index contributed by atoms with van der Waals surface area (Å²) >= 11 is 0. The molecule has 0 aliphatic carbocycles. The number of rotatable bonds is 9. The van der Waals surface area contributed by atoms with Gasteiger partial charge < -0.3 is 23.7 Å². The van der Waals surface area contributed by atoms with E-state index in [4.69, 9.17) is 14.5 Å². The predicted octanol–water partition coefficient (Wildman–Crippen LogP) is 4.02. The fourth-order valence-corrected chi connectivity index (χ4v) is 5.12. The van der Waals surface area contributed by atoms with Crippen molar-refractivity contribution < 1.29 is 19.4 Å². The Kier molecular flexibility index (Phi) is 8.49. The predicted molar refractivity (Wildman–Crippen MR) is 143 cm³/mol. The van der Waals surface area contributed by atoms with E-state index >= 15 is 0 Å². The minimum Gasteiger partial charge on any atom is -0.463 e. The Morgan fingerprint density at radius 1 is 1.22 bits per heavy atom. The number of imidazole rings is 1. The first-order chi connectivity index (χ1) is 17.6. The lowest BCUT2D eigenvalue weighted by atomic mass is 9.95. The van der Waals surface area contributed by atoms with Crippen LogP contribution < -0.4 is 5.56 Å². The lowest BCUT2D eigenvalue weighted by Gasteiger charge is -2.23. The van der Waals surface area contributed by atoms with Crippen molar-refractivity contribution >= 4 is 17.0 Å². The molecule has 0 radical (unpaired) electrons. The quantitative estimate of drug-likeness (QED) is 0.438. The monoisotopic (exact) mass is 509 g/mol. The molecule has 0 spiro atoms. The summed E-state index contributed by atoms with van der Waals surface area (Å²) < 4.78 is 14.8.